The maximum absolute atomic E-state index is 12.3. The third kappa shape index (κ3) is 2.13. The van der Waals surface area contributed by atoms with Gasteiger partial charge in [0, 0.05) is 23.6 Å². The molecule has 0 bridgehead atoms. The molecule has 1 aromatic carbocycles. The van der Waals surface area contributed by atoms with Crippen molar-refractivity contribution in [2.45, 2.75) is 32.9 Å². The number of hydrogen-bond acceptors (Lipinski definition) is 3. The standard InChI is InChI=1S/C15H20BrN3O/c1-9(2)18-8-11-6-17-7-14(20)19(11)15-12(16)4-10(3)5-13(15)18/h4-5,9,11,17H,6-8H2,1-3H3. The van der Waals surface area contributed by atoms with Crippen LogP contribution in [-0.4, -0.2) is 37.6 Å². The highest BCUT2D eigenvalue weighted by molar-refractivity contribution is 9.10. The van der Waals surface area contributed by atoms with Gasteiger partial charge in [0.05, 0.1) is 24.0 Å². The lowest BCUT2D eigenvalue weighted by atomic mass is 10.0. The Kier molecular flexibility index (Phi) is 3.50. The van der Waals surface area contributed by atoms with E-state index >= 15 is 0 Å². The van der Waals surface area contributed by atoms with Crippen molar-refractivity contribution < 1.29 is 4.79 Å². The summed E-state index contributed by atoms with van der Waals surface area (Å²) in [6.45, 7) is 8.67. The summed E-state index contributed by atoms with van der Waals surface area (Å²) in [5.41, 5.74) is 3.41. The summed E-state index contributed by atoms with van der Waals surface area (Å²) >= 11 is 3.66. The normalized spacial score (nSPS) is 22.1. The number of amides is 1. The molecule has 1 saturated heterocycles. The summed E-state index contributed by atoms with van der Waals surface area (Å²) in [5, 5.41) is 3.22. The van der Waals surface area contributed by atoms with Gasteiger partial charge in [-0.2, -0.15) is 0 Å². The van der Waals surface area contributed by atoms with Gasteiger partial charge in [-0.05, 0) is 54.4 Å². The molecule has 1 unspecified atom stereocenters. The molecular weight excluding hydrogens is 318 g/mol. The predicted octanol–water partition coefficient (Wildman–Crippen LogP) is 2.29. The van der Waals surface area contributed by atoms with E-state index in [-0.39, 0.29) is 11.9 Å². The van der Waals surface area contributed by atoms with Crippen molar-refractivity contribution in [2.24, 2.45) is 0 Å². The van der Waals surface area contributed by atoms with Crippen LogP contribution in [0.15, 0.2) is 16.6 Å². The topological polar surface area (TPSA) is 35.6 Å². The van der Waals surface area contributed by atoms with Gasteiger partial charge in [-0.25, -0.2) is 0 Å². The number of rotatable bonds is 1. The first-order chi connectivity index (χ1) is 9.49. The predicted molar refractivity (Wildman–Crippen MR) is 85.5 cm³/mol. The first kappa shape index (κ1) is 13.9. The number of piperazine rings is 1. The second kappa shape index (κ2) is 5.04. The van der Waals surface area contributed by atoms with E-state index < -0.39 is 0 Å². The smallest absolute Gasteiger partial charge is 0.241 e. The van der Waals surface area contributed by atoms with Crippen LogP contribution in [-0.2, 0) is 4.79 Å². The second-order valence-corrected chi connectivity index (χ2v) is 6.76. The Morgan fingerprint density at radius 2 is 2.15 bits per heavy atom. The van der Waals surface area contributed by atoms with Crippen LogP contribution in [0.4, 0.5) is 11.4 Å². The maximum Gasteiger partial charge on any atom is 0.241 e. The molecule has 1 amide bonds. The molecule has 2 aliphatic heterocycles. The van der Waals surface area contributed by atoms with Crippen LogP contribution in [0.2, 0.25) is 0 Å². The van der Waals surface area contributed by atoms with Gasteiger partial charge in [-0.1, -0.05) is 0 Å². The molecule has 0 saturated carbocycles. The molecule has 4 nitrogen and oxygen atoms in total. The summed E-state index contributed by atoms with van der Waals surface area (Å²) in [5.74, 6) is 0.162. The van der Waals surface area contributed by atoms with Crippen molar-refractivity contribution in [3.05, 3.63) is 22.2 Å². The summed E-state index contributed by atoms with van der Waals surface area (Å²) in [7, 11) is 0. The average molecular weight is 338 g/mol. The molecular formula is C15H20BrN3O. The highest BCUT2D eigenvalue weighted by atomic mass is 79.9. The van der Waals surface area contributed by atoms with Crippen LogP contribution >= 0.6 is 15.9 Å². The number of benzene rings is 1. The molecule has 0 radical (unpaired) electrons. The Balaban J connectivity index is 2.18. The van der Waals surface area contributed by atoms with Crippen LogP contribution in [0.25, 0.3) is 0 Å². The SMILES string of the molecule is Cc1cc(Br)c2c(c1)N(C(C)C)CC1CNCC(=O)N21. The van der Waals surface area contributed by atoms with Crippen LogP contribution in [0.3, 0.4) is 0 Å². The zero-order chi connectivity index (χ0) is 14.4. The highest BCUT2D eigenvalue weighted by Gasteiger charge is 2.38. The van der Waals surface area contributed by atoms with E-state index in [0.717, 1.165) is 23.2 Å². The van der Waals surface area contributed by atoms with Crippen LogP contribution in [0, 0.1) is 6.92 Å². The van der Waals surface area contributed by atoms with Crippen LogP contribution in [0.5, 0.6) is 0 Å². The monoisotopic (exact) mass is 337 g/mol. The quantitative estimate of drug-likeness (QED) is 0.854. The second-order valence-electron chi connectivity index (χ2n) is 5.91. The summed E-state index contributed by atoms with van der Waals surface area (Å²) in [6.07, 6.45) is 0. The van der Waals surface area contributed by atoms with Crippen LogP contribution < -0.4 is 15.1 Å². The first-order valence-electron chi connectivity index (χ1n) is 7.08. The fraction of sp³-hybridized carbons (Fsp3) is 0.533. The molecule has 1 atom stereocenters. The molecule has 0 aromatic heterocycles. The molecule has 2 heterocycles. The molecule has 1 aromatic rings. The lowest BCUT2D eigenvalue weighted by molar-refractivity contribution is -0.119. The Bertz CT molecular complexity index is 558. The minimum absolute atomic E-state index is 0.162. The van der Waals surface area contributed by atoms with Crippen molar-refractivity contribution in [2.75, 3.05) is 29.4 Å². The van der Waals surface area contributed by atoms with Gasteiger partial charge in [0.15, 0.2) is 0 Å². The van der Waals surface area contributed by atoms with Crippen LogP contribution in [0.1, 0.15) is 19.4 Å². The third-order valence-corrected chi connectivity index (χ3v) is 4.66. The van der Waals surface area contributed by atoms with Crippen molar-refractivity contribution in [1.82, 2.24) is 5.32 Å². The largest absolute Gasteiger partial charge is 0.365 e. The Labute approximate surface area is 128 Å². The molecule has 5 heteroatoms. The Morgan fingerprint density at radius 3 is 2.85 bits per heavy atom. The number of aryl methyl sites for hydroxylation is 1. The zero-order valence-electron chi connectivity index (χ0n) is 12.1. The molecule has 2 aliphatic rings. The molecule has 1 N–H and O–H groups in total. The fourth-order valence-corrected chi connectivity index (χ4v) is 3.92. The summed E-state index contributed by atoms with van der Waals surface area (Å²) < 4.78 is 1.01. The fourth-order valence-electron chi connectivity index (χ4n) is 3.17. The molecule has 0 aliphatic carbocycles. The molecule has 108 valence electrons. The van der Waals surface area contributed by atoms with E-state index in [1.54, 1.807) is 0 Å². The van der Waals surface area contributed by atoms with E-state index in [4.69, 9.17) is 0 Å². The van der Waals surface area contributed by atoms with Gasteiger partial charge in [0.25, 0.3) is 0 Å². The zero-order valence-corrected chi connectivity index (χ0v) is 13.7. The van der Waals surface area contributed by atoms with E-state index in [1.165, 1.54) is 11.3 Å². The van der Waals surface area contributed by atoms with Gasteiger partial charge in [0.1, 0.15) is 0 Å². The van der Waals surface area contributed by atoms with E-state index in [0.29, 0.717) is 12.6 Å². The van der Waals surface area contributed by atoms with E-state index in [9.17, 15) is 4.79 Å². The van der Waals surface area contributed by atoms with Gasteiger partial charge >= 0.3 is 0 Å². The number of nitrogens with zero attached hydrogens (tertiary/aromatic N) is 2. The number of halogens is 1. The van der Waals surface area contributed by atoms with Crippen molar-refractivity contribution in [3.8, 4) is 0 Å². The number of carbonyl (C=O) groups is 1. The molecule has 3 rings (SSSR count). The minimum Gasteiger partial charge on any atom is -0.365 e. The number of anilines is 2. The van der Waals surface area contributed by atoms with Gasteiger partial charge in [0.2, 0.25) is 5.91 Å². The summed E-state index contributed by atoms with van der Waals surface area (Å²) in [6, 6.07) is 4.91. The van der Waals surface area contributed by atoms with E-state index in [1.807, 2.05) is 4.90 Å². The number of nitrogens with one attached hydrogen (secondary N) is 1. The molecule has 20 heavy (non-hydrogen) atoms. The lowest BCUT2D eigenvalue weighted by Crippen LogP contribution is -2.62. The van der Waals surface area contributed by atoms with Crippen molar-refractivity contribution >= 4 is 33.2 Å². The van der Waals surface area contributed by atoms with Crippen molar-refractivity contribution in [3.63, 3.8) is 0 Å². The van der Waals surface area contributed by atoms with Gasteiger partial charge in [-0.15, -0.1) is 0 Å². The Morgan fingerprint density at radius 1 is 1.40 bits per heavy atom. The van der Waals surface area contributed by atoms with E-state index in [2.05, 4.69) is 59.1 Å². The highest BCUT2D eigenvalue weighted by Crippen LogP contribution is 2.43. The van der Waals surface area contributed by atoms with Gasteiger partial charge < -0.3 is 15.1 Å². The Hall–Kier alpha value is -1.07. The number of hydrogen-bond donors (Lipinski definition) is 1. The first-order valence-corrected chi connectivity index (χ1v) is 7.88. The maximum atomic E-state index is 12.3. The number of carbonyl (C=O) groups excluding carboxylic acids is 1. The number of fused-ring (bicyclic) bond motifs is 3. The average Bonchev–Trinajstić information content (AvgIpc) is 2.37. The van der Waals surface area contributed by atoms with Gasteiger partial charge in [-0.3, -0.25) is 4.79 Å². The minimum atomic E-state index is 0.162. The molecule has 1 fully saturated rings. The lowest BCUT2D eigenvalue weighted by Gasteiger charge is -2.47. The molecule has 0 spiro atoms. The third-order valence-electron chi connectivity index (χ3n) is 4.06. The van der Waals surface area contributed by atoms with Crippen molar-refractivity contribution in [1.29, 1.82) is 0 Å². The summed E-state index contributed by atoms with van der Waals surface area (Å²) in [4.78, 5) is 16.7.